The molecule has 0 bridgehead atoms. The normalized spacial score (nSPS) is 14.8. The van der Waals surface area contributed by atoms with Gasteiger partial charge in [0, 0.05) is 35.2 Å². The Labute approximate surface area is 210 Å². The van der Waals surface area contributed by atoms with Crippen LogP contribution in [0.15, 0.2) is 24.3 Å². The standard InChI is InChI=1S/C25H24ClN3O7/c1-33-18-6-11-5-14(27-20(11)23(35-3)22(18)34-2)24(31)29-10-12(9-26)19-13-7-15(25(32)36-4)28-21(13)17(30)8-16(19)29/h5-8,12,27-28,30H,9-10H2,1-4H3/t12-/m1/s1. The zero-order valence-electron chi connectivity index (χ0n) is 20.0. The molecule has 0 unspecified atom stereocenters. The van der Waals surface area contributed by atoms with E-state index in [9.17, 15) is 14.7 Å². The number of carbonyl (C=O) groups is 2. The Morgan fingerprint density at radius 2 is 1.72 bits per heavy atom. The van der Waals surface area contributed by atoms with Crippen LogP contribution in [0.4, 0.5) is 5.69 Å². The third-order valence-corrected chi connectivity index (χ3v) is 6.88. The number of esters is 1. The van der Waals surface area contributed by atoms with Crippen molar-refractivity contribution in [2.24, 2.45) is 0 Å². The van der Waals surface area contributed by atoms with E-state index in [2.05, 4.69) is 9.97 Å². The van der Waals surface area contributed by atoms with Crippen LogP contribution in [-0.4, -0.2) is 67.8 Å². The van der Waals surface area contributed by atoms with E-state index in [0.717, 1.165) is 5.56 Å². The van der Waals surface area contributed by atoms with Gasteiger partial charge in [0.2, 0.25) is 5.75 Å². The van der Waals surface area contributed by atoms with E-state index < -0.39 is 5.97 Å². The minimum Gasteiger partial charge on any atom is -0.506 e. The number of nitrogens with one attached hydrogen (secondary N) is 2. The third kappa shape index (κ3) is 3.40. The summed E-state index contributed by atoms with van der Waals surface area (Å²) in [4.78, 5) is 33.4. The molecule has 0 saturated heterocycles. The van der Waals surface area contributed by atoms with Gasteiger partial charge in [0.05, 0.1) is 45.2 Å². The molecule has 11 heteroatoms. The minimum absolute atomic E-state index is 0.0975. The lowest BCUT2D eigenvalue weighted by molar-refractivity contribution is 0.0595. The number of ether oxygens (including phenoxy) is 4. The second-order valence-corrected chi connectivity index (χ2v) is 8.66. The number of phenols is 1. The van der Waals surface area contributed by atoms with Gasteiger partial charge in [-0.15, -0.1) is 11.6 Å². The number of rotatable bonds is 6. The molecule has 0 spiro atoms. The number of hydrogen-bond acceptors (Lipinski definition) is 7. The molecule has 0 fully saturated rings. The van der Waals surface area contributed by atoms with Gasteiger partial charge in [-0.1, -0.05) is 0 Å². The minimum atomic E-state index is -0.564. The van der Waals surface area contributed by atoms with Gasteiger partial charge in [-0.25, -0.2) is 4.79 Å². The summed E-state index contributed by atoms with van der Waals surface area (Å²) in [5.74, 6) is 0.331. The van der Waals surface area contributed by atoms with Crippen molar-refractivity contribution in [1.29, 1.82) is 0 Å². The number of hydrogen-bond donors (Lipinski definition) is 3. The maximum absolute atomic E-state index is 13.7. The van der Waals surface area contributed by atoms with Gasteiger partial charge in [0.25, 0.3) is 5.91 Å². The van der Waals surface area contributed by atoms with Gasteiger partial charge < -0.3 is 38.9 Å². The van der Waals surface area contributed by atoms with Crippen LogP contribution >= 0.6 is 11.6 Å². The smallest absolute Gasteiger partial charge is 0.354 e. The number of aromatic hydroxyl groups is 1. The SMILES string of the molecule is COC(=O)c1cc2c3c(cc(O)c2[nH]1)N(C(=O)c1cc2cc(OC)c(OC)c(OC)c2[nH]1)C[C@H]3CCl. The zero-order valence-corrected chi connectivity index (χ0v) is 20.8. The summed E-state index contributed by atoms with van der Waals surface area (Å²) in [6.07, 6.45) is 0. The van der Waals surface area contributed by atoms with Crippen LogP contribution in [0.3, 0.4) is 0 Å². The number of carbonyl (C=O) groups excluding carboxylic acids is 2. The molecule has 1 aliphatic heterocycles. The first-order valence-corrected chi connectivity index (χ1v) is 11.6. The van der Waals surface area contributed by atoms with Crippen LogP contribution in [-0.2, 0) is 4.74 Å². The van der Waals surface area contributed by atoms with Crippen molar-refractivity contribution in [1.82, 2.24) is 9.97 Å². The number of halogens is 1. The Morgan fingerprint density at radius 3 is 2.36 bits per heavy atom. The molecule has 188 valence electrons. The van der Waals surface area contributed by atoms with Gasteiger partial charge >= 0.3 is 5.97 Å². The lowest BCUT2D eigenvalue weighted by Gasteiger charge is -2.17. The third-order valence-electron chi connectivity index (χ3n) is 6.50. The summed E-state index contributed by atoms with van der Waals surface area (Å²) in [5.41, 5.74) is 2.76. The maximum atomic E-state index is 13.7. The average molecular weight is 514 g/mol. The van der Waals surface area contributed by atoms with Crippen LogP contribution in [0.5, 0.6) is 23.0 Å². The molecule has 5 rings (SSSR count). The number of anilines is 1. The number of benzene rings is 2. The second-order valence-electron chi connectivity index (χ2n) is 8.35. The summed E-state index contributed by atoms with van der Waals surface area (Å²) in [5, 5.41) is 12.0. The van der Waals surface area contributed by atoms with E-state index in [0.29, 0.717) is 57.0 Å². The summed E-state index contributed by atoms with van der Waals surface area (Å²) < 4.78 is 21.2. The predicted molar refractivity (Wildman–Crippen MR) is 134 cm³/mol. The van der Waals surface area contributed by atoms with Crippen molar-refractivity contribution in [3.05, 3.63) is 41.2 Å². The van der Waals surface area contributed by atoms with Gasteiger partial charge in [-0.2, -0.15) is 0 Å². The topological polar surface area (TPSA) is 126 Å². The molecule has 1 atom stereocenters. The zero-order chi connectivity index (χ0) is 25.7. The molecule has 3 N–H and O–H groups in total. The summed E-state index contributed by atoms with van der Waals surface area (Å²) in [6, 6.07) is 6.58. The molecule has 2 aromatic heterocycles. The number of H-pyrrole nitrogens is 2. The van der Waals surface area contributed by atoms with Gasteiger partial charge in [0.1, 0.15) is 17.1 Å². The molecule has 10 nitrogen and oxygen atoms in total. The van der Waals surface area contributed by atoms with Crippen molar-refractivity contribution < 1.29 is 33.6 Å². The van der Waals surface area contributed by atoms with E-state index in [4.69, 9.17) is 30.5 Å². The van der Waals surface area contributed by atoms with Crippen LogP contribution in [0.1, 0.15) is 32.5 Å². The monoisotopic (exact) mass is 513 g/mol. The molecule has 4 aromatic rings. The van der Waals surface area contributed by atoms with E-state index in [1.54, 1.807) is 23.1 Å². The van der Waals surface area contributed by atoms with Crippen molar-refractivity contribution in [3.63, 3.8) is 0 Å². The molecule has 0 aliphatic carbocycles. The predicted octanol–water partition coefficient (Wildman–Crippen LogP) is 4.15. The number of nitrogens with zero attached hydrogens (tertiary/aromatic N) is 1. The summed E-state index contributed by atoms with van der Waals surface area (Å²) in [7, 11) is 5.82. The highest BCUT2D eigenvalue weighted by atomic mass is 35.5. The second kappa shape index (κ2) is 8.87. The Bertz CT molecular complexity index is 1520. The van der Waals surface area contributed by atoms with Gasteiger partial charge in [-0.3, -0.25) is 4.79 Å². The highest BCUT2D eigenvalue weighted by Crippen LogP contribution is 2.47. The summed E-state index contributed by atoms with van der Waals surface area (Å²) >= 11 is 6.30. The Hall–Kier alpha value is -4.05. The number of alkyl halides is 1. The van der Waals surface area contributed by atoms with Gasteiger partial charge in [0.15, 0.2) is 11.5 Å². The molecule has 1 amide bonds. The fourth-order valence-corrected chi connectivity index (χ4v) is 5.14. The quantitative estimate of drug-likeness (QED) is 0.261. The Kier molecular flexibility index (Phi) is 5.83. The Balaban J connectivity index is 1.63. The van der Waals surface area contributed by atoms with Gasteiger partial charge in [-0.05, 0) is 23.8 Å². The highest BCUT2D eigenvalue weighted by Gasteiger charge is 2.36. The molecule has 2 aromatic carbocycles. The number of amides is 1. The van der Waals surface area contributed by atoms with Crippen LogP contribution in [0, 0.1) is 0 Å². The van der Waals surface area contributed by atoms with E-state index in [-0.39, 0.29) is 29.1 Å². The molecular weight excluding hydrogens is 490 g/mol. The molecule has 0 saturated carbocycles. The maximum Gasteiger partial charge on any atom is 0.354 e. The fraction of sp³-hybridized carbons (Fsp3) is 0.280. The number of aromatic amines is 2. The van der Waals surface area contributed by atoms with Crippen molar-refractivity contribution in [2.75, 3.05) is 45.8 Å². The number of aromatic nitrogens is 2. The highest BCUT2D eigenvalue weighted by molar-refractivity contribution is 6.19. The van der Waals surface area contributed by atoms with E-state index >= 15 is 0 Å². The van der Waals surface area contributed by atoms with Crippen molar-refractivity contribution >= 4 is 51.0 Å². The van der Waals surface area contributed by atoms with Crippen molar-refractivity contribution in [3.8, 4) is 23.0 Å². The van der Waals surface area contributed by atoms with Crippen LogP contribution in [0.2, 0.25) is 0 Å². The van der Waals surface area contributed by atoms with Crippen molar-refractivity contribution in [2.45, 2.75) is 5.92 Å². The number of phenolic OH excluding ortho intramolecular Hbond substituents is 1. The Morgan fingerprint density at radius 1 is 1.00 bits per heavy atom. The molecule has 36 heavy (non-hydrogen) atoms. The fourth-order valence-electron chi connectivity index (χ4n) is 4.89. The first-order valence-electron chi connectivity index (χ1n) is 11.0. The van der Waals surface area contributed by atoms with E-state index in [1.165, 1.54) is 34.5 Å². The van der Waals surface area contributed by atoms with Crippen LogP contribution < -0.4 is 19.1 Å². The lowest BCUT2D eigenvalue weighted by atomic mass is 9.98. The first kappa shape index (κ1) is 23.7. The summed E-state index contributed by atoms with van der Waals surface area (Å²) in [6.45, 7) is 0.300. The van der Waals surface area contributed by atoms with Crippen LogP contribution in [0.25, 0.3) is 21.8 Å². The molecular formula is C25H24ClN3O7. The number of fused-ring (bicyclic) bond motifs is 4. The molecule has 1 aliphatic rings. The number of methoxy groups -OCH3 is 4. The first-order chi connectivity index (χ1) is 17.4. The average Bonchev–Trinajstić information content (AvgIpc) is 3.61. The molecule has 3 heterocycles. The van der Waals surface area contributed by atoms with E-state index in [1.807, 2.05) is 0 Å². The largest absolute Gasteiger partial charge is 0.506 e. The lowest BCUT2D eigenvalue weighted by Crippen LogP contribution is -2.30. The molecule has 0 radical (unpaired) electrons.